The second-order valence-electron chi connectivity index (χ2n) is 2.96. The average molecular weight is 298 g/mol. The molecule has 0 aliphatic carbocycles. The summed E-state index contributed by atoms with van der Waals surface area (Å²) in [5.41, 5.74) is -0.968. The fourth-order valence-electron chi connectivity index (χ4n) is 0.144. The Morgan fingerprint density at radius 1 is 1.50 bits per heavy atom. The Hall–Kier alpha value is -0.360. The standard InChI is InChI=1S/C5H10O3.C3H7NO.Ag/c1-3-5(2,8)4(6)7;1-3(2)4-5;/h8H,3H2,1-2H3,(H,6,7);5H,1-2H3;/q;;+1/p-1. The fraction of sp³-hybridized carbons (Fsp3) is 0.750. The van der Waals surface area contributed by atoms with Crippen LogP contribution in [-0.4, -0.2) is 27.6 Å². The van der Waals surface area contributed by atoms with Crippen LogP contribution in [0.4, 0.5) is 0 Å². The molecule has 0 bridgehead atoms. The number of carbonyl (C=O) groups is 1. The molecule has 0 aromatic rings. The van der Waals surface area contributed by atoms with Crippen molar-refractivity contribution >= 4 is 11.7 Å². The van der Waals surface area contributed by atoms with Gasteiger partial charge in [-0.25, -0.2) is 0 Å². The Kier molecular flexibility index (Phi) is 12.7. The molecule has 5 nitrogen and oxygen atoms in total. The van der Waals surface area contributed by atoms with E-state index in [-0.39, 0.29) is 28.8 Å². The van der Waals surface area contributed by atoms with E-state index < -0.39 is 11.6 Å². The molecule has 0 aromatic carbocycles. The van der Waals surface area contributed by atoms with Gasteiger partial charge in [-0.3, -0.25) is 0 Å². The quantitative estimate of drug-likeness (QED) is 0.318. The van der Waals surface area contributed by atoms with Gasteiger partial charge < -0.3 is 20.2 Å². The zero-order valence-corrected chi connectivity index (χ0v) is 10.1. The van der Waals surface area contributed by atoms with Crippen molar-refractivity contribution in [3.8, 4) is 0 Å². The molecule has 0 saturated carbocycles. The molecule has 0 aliphatic rings. The number of hydrogen-bond donors (Lipinski definition) is 2. The Labute approximate surface area is 99.3 Å². The van der Waals surface area contributed by atoms with Crippen LogP contribution in [0.2, 0.25) is 0 Å². The van der Waals surface area contributed by atoms with E-state index in [0.717, 1.165) is 0 Å². The number of oxime groups is 1. The molecule has 0 aliphatic heterocycles. The van der Waals surface area contributed by atoms with Gasteiger partial charge in [0.05, 0.1) is 11.7 Å². The Morgan fingerprint density at radius 2 is 1.79 bits per heavy atom. The molecule has 0 spiro atoms. The molecule has 88 valence electrons. The summed E-state index contributed by atoms with van der Waals surface area (Å²) in [7, 11) is 0. The fourth-order valence-corrected chi connectivity index (χ4v) is 0.144. The van der Waals surface area contributed by atoms with Crippen molar-refractivity contribution in [1.82, 2.24) is 0 Å². The molecule has 0 heterocycles. The summed E-state index contributed by atoms with van der Waals surface area (Å²) < 4.78 is 0. The Morgan fingerprint density at radius 3 is 1.79 bits per heavy atom. The van der Waals surface area contributed by atoms with E-state index in [2.05, 4.69) is 5.16 Å². The summed E-state index contributed by atoms with van der Waals surface area (Å²) in [5, 5.41) is 29.2. The number of aliphatic hydroxyl groups is 1. The van der Waals surface area contributed by atoms with Crippen molar-refractivity contribution in [2.24, 2.45) is 5.16 Å². The number of rotatable bonds is 2. The molecule has 0 rings (SSSR count). The van der Waals surface area contributed by atoms with Crippen LogP contribution in [0.1, 0.15) is 34.1 Å². The minimum Gasteiger partial charge on any atom is -0.547 e. The van der Waals surface area contributed by atoms with E-state index in [0.29, 0.717) is 5.71 Å². The van der Waals surface area contributed by atoms with Gasteiger partial charge in [0, 0.05) is 0 Å². The maximum atomic E-state index is 9.89. The first-order valence-electron chi connectivity index (χ1n) is 3.87. The third-order valence-corrected chi connectivity index (χ3v) is 1.33. The van der Waals surface area contributed by atoms with Gasteiger partial charge in [-0.1, -0.05) is 12.1 Å². The topological polar surface area (TPSA) is 93.0 Å². The van der Waals surface area contributed by atoms with Gasteiger partial charge in [-0.05, 0) is 27.2 Å². The van der Waals surface area contributed by atoms with Gasteiger partial charge in [0.15, 0.2) is 0 Å². The average Bonchev–Trinajstić information content (AvgIpc) is 2.05. The third kappa shape index (κ3) is 11.6. The molecular formula is C8H16AgNO4. The van der Waals surface area contributed by atoms with Gasteiger partial charge in [0.2, 0.25) is 0 Å². The summed E-state index contributed by atoms with van der Waals surface area (Å²) in [4.78, 5) is 9.89. The first-order chi connectivity index (χ1) is 5.77. The van der Waals surface area contributed by atoms with Crippen LogP contribution in [-0.2, 0) is 27.2 Å². The van der Waals surface area contributed by atoms with Gasteiger partial charge in [-0.15, -0.1) is 0 Å². The molecule has 0 aromatic heterocycles. The van der Waals surface area contributed by atoms with Crippen LogP contribution in [0.25, 0.3) is 0 Å². The van der Waals surface area contributed by atoms with Crippen LogP contribution in [0.3, 0.4) is 0 Å². The zero-order chi connectivity index (χ0) is 11.1. The van der Waals surface area contributed by atoms with Gasteiger partial charge >= 0.3 is 22.4 Å². The SMILES string of the molecule is CC(C)=NO.CCC(C)(O)C(=O)[O-].[Ag+]. The number of nitrogens with zero attached hydrogens (tertiary/aromatic N) is 1. The molecular weight excluding hydrogens is 282 g/mol. The molecule has 14 heavy (non-hydrogen) atoms. The number of aliphatic carboxylic acids is 1. The number of carboxylic acids is 1. The van der Waals surface area contributed by atoms with Crippen molar-refractivity contribution in [2.75, 3.05) is 0 Å². The van der Waals surface area contributed by atoms with Crippen molar-refractivity contribution < 1.29 is 42.6 Å². The molecule has 0 amide bonds. The summed E-state index contributed by atoms with van der Waals surface area (Å²) in [6.07, 6.45) is 0.176. The molecule has 1 unspecified atom stereocenters. The van der Waals surface area contributed by atoms with Crippen molar-refractivity contribution in [3.05, 3.63) is 0 Å². The monoisotopic (exact) mass is 297 g/mol. The van der Waals surface area contributed by atoms with Gasteiger partial charge in [0.1, 0.15) is 5.60 Å². The first-order valence-corrected chi connectivity index (χ1v) is 3.87. The molecule has 0 saturated heterocycles. The van der Waals surface area contributed by atoms with E-state index in [1.54, 1.807) is 20.8 Å². The summed E-state index contributed by atoms with van der Waals surface area (Å²) in [6, 6.07) is 0. The predicted molar refractivity (Wildman–Crippen MR) is 46.5 cm³/mol. The van der Waals surface area contributed by atoms with E-state index >= 15 is 0 Å². The predicted octanol–water partition coefficient (Wildman–Crippen LogP) is -0.249. The minimum absolute atomic E-state index is 0. The van der Waals surface area contributed by atoms with Crippen LogP contribution in [0.15, 0.2) is 5.16 Å². The second-order valence-corrected chi connectivity index (χ2v) is 2.96. The maximum Gasteiger partial charge on any atom is 1.00 e. The number of hydrogen-bond acceptors (Lipinski definition) is 5. The first kappa shape index (κ1) is 19.2. The maximum absolute atomic E-state index is 9.89. The van der Waals surface area contributed by atoms with E-state index in [9.17, 15) is 9.90 Å². The van der Waals surface area contributed by atoms with E-state index in [1.165, 1.54) is 6.92 Å². The normalized spacial score (nSPS) is 12.4. The molecule has 1 atom stereocenters. The minimum atomic E-state index is -1.65. The smallest absolute Gasteiger partial charge is 0.547 e. The third-order valence-electron chi connectivity index (χ3n) is 1.33. The largest absolute Gasteiger partial charge is 1.00 e. The molecule has 0 radical (unpaired) electrons. The zero-order valence-electron chi connectivity index (χ0n) is 8.67. The van der Waals surface area contributed by atoms with Crippen LogP contribution >= 0.6 is 0 Å². The molecule has 0 fully saturated rings. The van der Waals surface area contributed by atoms with Crippen LogP contribution in [0.5, 0.6) is 0 Å². The summed E-state index contributed by atoms with van der Waals surface area (Å²) in [5.74, 6) is -1.42. The molecule has 6 heteroatoms. The van der Waals surface area contributed by atoms with Crippen LogP contribution in [0, 0.1) is 0 Å². The van der Waals surface area contributed by atoms with Gasteiger partial charge in [-0.2, -0.15) is 0 Å². The van der Waals surface area contributed by atoms with Crippen molar-refractivity contribution in [3.63, 3.8) is 0 Å². The number of carbonyl (C=O) groups excluding carboxylic acids is 1. The summed E-state index contributed by atoms with van der Waals surface area (Å²) >= 11 is 0. The number of carboxylic acid groups (broad SMARTS) is 1. The van der Waals surface area contributed by atoms with Crippen molar-refractivity contribution in [1.29, 1.82) is 0 Å². The Balaban J connectivity index is -0.000000177. The van der Waals surface area contributed by atoms with Gasteiger partial charge in [0.25, 0.3) is 0 Å². The van der Waals surface area contributed by atoms with Crippen LogP contribution < -0.4 is 5.11 Å². The summed E-state index contributed by atoms with van der Waals surface area (Å²) in [6.45, 7) is 6.23. The Bertz CT molecular complexity index is 188. The van der Waals surface area contributed by atoms with E-state index in [1.807, 2.05) is 0 Å². The van der Waals surface area contributed by atoms with E-state index in [4.69, 9.17) is 10.3 Å². The molecule has 2 N–H and O–H groups in total. The van der Waals surface area contributed by atoms with Crippen molar-refractivity contribution in [2.45, 2.75) is 39.7 Å². The second kappa shape index (κ2) is 9.21.